The summed E-state index contributed by atoms with van der Waals surface area (Å²) in [4.78, 5) is 0.638. The van der Waals surface area contributed by atoms with Crippen molar-refractivity contribution in [3.63, 3.8) is 0 Å². The summed E-state index contributed by atoms with van der Waals surface area (Å²) < 4.78 is 25.3. The Labute approximate surface area is 91.1 Å². The molecule has 2 N–H and O–H groups in total. The molecular weight excluding hydrogens is 218 g/mol. The predicted molar refractivity (Wildman–Crippen MR) is 55.3 cm³/mol. The zero-order chi connectivity index (χ0) is 11.3. The van der Waals surface area contributed by atoms with Crippen LogP contribution < -0.4 is 5.73 Å². The number of hydrogen-bond acceptors (Lipinski definition) is 3. The molecule has 0 aliphatic rings. The van der Waals surface area contributed by atoms with E-state index in [4.69, 9.17) is 11.0 Å². The Balaban J connectivity index is 2.45. The van der Waals surface area contributed by atoms with Crippen LogP contribution in [-0.4, -0.2) is 11.8 Å². The van der Waals surface area contributed by atoms with Crippen LogP contribution in [0.15, 0.2) is 23.1 Å². The maximum Gasteiger partial charge on any atom is 0.159 e. The third-order valence-corrected chi connectivity index (χ3v) is 2.78. The lowest BCUT2D eigenvalue weighted by atomic mass is 10.3. The molecule has 15 heavy (non-hydrogen) atoms. The van der Waals surface area contributed by atoms with E-state index in [1.54, 1.807) is 0 Å². The predicted octanol–water partition coefficient (Wildman–Crippen LogP) is 2.30. The van der Waals surface area contributed by atoms with Crippen molar-refractivity contribution in [2.24, 2.45) is 5.73 Å². The van der Waals surface area contributed by atoms with E-state index in [0.717, 1.165) is 12.1 Å². The van der Waals surface area contributed by atoms with Gasteiger partial charge in [0.25, 0.3) is 0 Å². The van der Waals surface area contributed by atoms with E-state index in [-0.39, 0.29) is 0 Å². The first-order valence-corrected chi connectivity index (χ1v) is 5.35. The van der Waals surface area contributed by atoms with Crippen LogP contribution in [-0.2, 0) is 0 Å². The maximum atomic E-state index is 12.8. The van der Waals surface area contributed by atoms with E-state index in [1.165, 1.54) is 17.8 Å². The van der Waals surface area contributed by atoms with E-state index >= 15 is 0 Å². The Morgan fingerprint density at radius 1 is 1.40 bits per heavy atom. The summed E-state index contributed by atoms with van der Waals surface area (Å²) in [6.07, 6.45) is 0.528. The number of nitrogens with two attached hydrogens (primary N) is 1. The molecule has 2 nitrogen and oxygen atoms in total. The Bertz CT molecular complexity index is 376. The van der Waals surface area contributed by atoms with Crippen molar-refractivity contribution in [2.45, 2.75) is 17.4 Å². The van der Waals surface area contributed by atoms with Crippen LogP contribution in [0.1, 0.15) is 6.42 Å². The highest BCUT2D eigenvalue weighted by Gasteiger charge is 2.04. The normalized spacial score (nSPS) is 12.1. The van der Waals surface area contributed by atoms with Gasteiger partial charge in [0.2, 0.25) is 0 Å². The minimum absolute atomic E-state index is 0.497. The van der Waals surface area contributed by atoms with Crippen LogP contribution in [0.4, 0.5) is 8.78 Å². The van der Waals surface area contributed by atoms with Crippen molar-refractivity contribution >= 4 is 11.8 Å². The molecule has 0 radical (unpaired) electrons. The molecule has 1 aromatic rings. The van der Waals surface area contributed by atoms with Gasteiger partial charge in [-0.25, -0.2) is 8.78 Å². The molecule has 0 saturated heterocycles. The van der Waals surface area contributed by atoms with Crippen LogP contribution >= 0.6 is 11.8 Å². The van der Waals surface area contributed by atoms with Gasteiger partial charge in [-0.05, 0) is 24.6 Å². The lowest BCUT2D eigenvalue weighted by Crippen LogP contribution is -2.17. The summed E-state index contributed by atoms with van der Waals surface area (Å²) in [6.45, 7) is 0. The summed E-state index contributed by atoms with van der Waals surface area (Å²) in [7, 11) is 0. The summed E-state index contributed by atoms with van der Waals surface area (Å²) >= 11 is 1.35. The second-order valence-electron chi connectivity index (χ2n) is 2.95. The number of rotatable bonds is 4. The molecule has 0 fully saturated rings. The number of benzene rings is 1. The van der Waals surface area contributed by atoms with Crippen molar-refractivity contribution in [2.75, 3.05) is 5.75 Å². The van der Waals surface area contributed by atoms with Crippen LogP contribution in [0.25, 0.3) is 0 Å². The van der Waals surface area contributed by atoms with Crippen molar-refractivity contribution in [1.82, 2.24) is 0 Å². The average Bonchev–Trinajstić information content (AvgIpc) is 2.23. The second-order valence-corrected chi connectivity index (χ2v) is 4.12. The van der Waals surface area contributed by atoms with Crippen molar-refractivity contribution in [3.8, 4) is 6.07 Å². The monoisotopic (exact) mass is 228 g/mol. The molecular formula is C10H10F2N2S. The minimum Gasteiger partial charge on any atom is -0.316 e. The van der Waals surface area contributed by atoms with Gasteiger partial charge in [-0.1, -0.05) is 0 Å². The highest BCUT2D eigenvalue weighted by atomic mass is 32.2. The van der Waals surface area contributed by atoms with Crippen LogP contribution in [0.5, 0.6) is 0 Å². The van der Waals surface area contributed by atoms with Gasteiger partial charge in [0.15, 0.2) is 11.6 Å². The maximum absolute atomic E-state index is 12.8. The van der Waals surface area contributed by atoms with Crippen LogP contribution in [0.3, 0.4) is 0 Å². The summed E-state index contributed by atoms with van der Waals surface area (Å²) in [6, 6.07) is 5.13. The highest BCUT2D eigenvalue weighted by Crippen LogP contribution is 2.21. The lowest BCUT2D eigenvalue weighted by molar-refractivity contribution is 0.506. The van der Waals surface area contributed by atoms with E-state index in [1.807, 2.05) is 6.07 Å². The first-order valence-electron chi connectivity index (χ1n) is 4.36. The molecule has 0 aliphatic heterocycles. The number of hydrogen-bond donors (Lipinski definition) is 1. The zero-order valence-electron chi connectivity index (χ0n) is 7.91. The zero-order valence-corrected chi connectivity index (χ0v) is 8.73. The topological polar surface area (TPSA) is 49.8 Å². The number of halogens is 2. The van der Waals surface area contributed by atoms with Crippen LogP contribution in [0.2, 0.25) is 0 Å². The standard InChI is InChI=1S/C10H10F2N2S/c11-9-2-1-8(5-10(9)12)15-4-3-7(14)6-13/h1-2,5,7H,3-4,14H2. The molecule has 0 spiro atoms. The average molecular weight is 228 g/mol. The molecule has 80 valence electrons. The quantitative estimate of drug-likeness (QED) is 0.804. The third-order valence-electron chi connectivity index (χ3n) is 1.75. The molecule has 0 aliphatic carbocycles. The summed E-state index contributed by atoms with van der Waals surface area (Å²) in [5.74, 6) is -1.10. The van der Waals surface area contributed by atoms with Gasteiger partial charge in [-0.2, -0.15) is 5.26 Å². The first kappa shape index (κ1) is 12.0. The number of nitriles is 1. The van der Waals surface area contributed by atoms with Gasteiger partial charge in [0.1, 0.15) is 0 Å². The third kappa shape index (κ3) is 3.86. The minimum atomic E-state index is -0.857. The SMILES string of the molecule is N#CC(N)CCSc1ccc(F)c(F)c1. The fraction of sp³-hybridized carbons (Fsp3) is 0.300. The Morgan fingerprint density at radius 2 is 2.13 bits per heavy atom. The molecule has 1 unspecified atom stereocenters. The molecule has 1 rings (SSSR count). The summed E-state index contributed by atoms with van der Waals surface area (Å²) in [5, 5.41) is 8.42. The van der Waals surface area contributed by atoms with Gasteiger partial charge in [0, 0.05) is 10.6 Å². The molecule has 0 heterocycles. The van der Waals surface area contributed by atoms with E-state index in [2.05, 4.69) is 0 Å². The fourth-order valence-corrected chi connectivity index (χ4v) is 1.89. The van der Waals surface area contributed by atoms with Gasteiger partial charge >= 0.3 is 0 Å². The molecule has 1 atom stereocenters. The van der Waals surface area contributed by atoms with Gasteiger partial charge in [-0.3, -0.25) is 0 Å². The van der Waals surface area contributed by atoms with E-state index in [9.17, 15) is 8.78 Å². The smallest absolute Gasteiger partial charge is 0.159 e. The molecule has 0 amide bonds. The van der Waals surface area contributed by atoms with Crippen molar-refractivity contribution in [3.05, 3.63) is 29.8 Å². The van der Waals surface area contributed by atoms with Gasteiger partial charge in [0.05, 0.1) is 12.1 Å². The fourth-order valence-electron chi connectivity index (χ4n) is 0.935. The first-order chi connectivity index (χ1) is 7.13. The number of thioether (sulfide) groups is 1. The highest BCUT2D eigenvalue weighted by molar-refractivity contribution is 7.99. The van der Waals surface area contributed by atoms with Gasteiger partial charge in [-0.15, -0.1) is 11.8 Å². The van der Waals surface area contributed by atoms with Crippen LogP contribution in [0, 0.1) is 23.0 Å². The van der Waals surface area contributed by atoms with E-state index < -0.39 is 17.7 Å². The Hall–Kier alpha value is -1.12. The Kier molecular flexibility index (Phi) is 4.53. The number of nitrogens with zero attached hydrogens (tertiary/aromatic N) is 1. The van der Waals surface area contributed by atoms with Gasteiger partial charge < -0.3 is 5.73 Å². The molecule has 0 bridgehead atoms. The Morgan fingerprint density at radius 3 is 2.73 bits per heavy atom. The second kappa shape index (κ2) is 5.69. The molecule has 0 saturated carbocycles. The van der Waals surface area contributed by atoms with Crippen molar-refractivity contribution < 1.29 is 8.78 Å². The molecule has 1 aromatic carbocycles. The van der Waals surface area contributed by atoms with Crippen molar-refractivity contribution in [1.29, 1.82) is 5.26 Å². The molecule has 5 heteroatoms. The largest absolute Gasteiger partial charge is 0.316 e. The lowest BCUT2D eigenvalue weighted by Gasteiger charge is -2.03. The summed E-state index contributed by atoms with van der Waals surface area (Å²) in [5.41, 5.74) is 5.38. The molecule has 0 aromatic heterocycles. The van der Waals surface area contributed by atoms with E-state index in [0.29, 0.717) is 17.1 Å².